The quantitative estimate of drug-likeness (QED) is 0.782. The lowest BCUT2D eigenvalue weighted by molar-refractivity contribution is 0.0991. The molecule has 1 aliphatic heterocycles. The highest BCUT2D eigenvalue weighted by Crippen LogP contribution is 2.32. The van der Waals surface area contributed by atoms with E-state index in [0.717, 1.165) is 18.8 Å². The van der Waals surface area contributed by atoms with Crippen molar-refractivity contribution in [1.82, 2.24) is 10.6 Å². The molecule has 1 heterocycles. The molecule has 2 amide bonds. The molecule has 0 spiro atoms. The van der Waals surface area contributed by atoms with Gasteiger partial charge < -0.3 is 20.7 Å². The number of carbonyl (C=O) groups excluding carboxylic acids is 1. The maximum absolute atomic E-state index is 12.5. The maximum Gasteiger partial charge on any atom is 0.319 e. The monoisotopic (exact) mass is 319 g/mol. The van der Waals surface area contributed by atoms with E-state index in [1.807, 2.05) is 0 Å². The summed E-state index contributed by atoms with van der Waals surface area (Å²) in [5.41, 5.74) is 3.27. The number of hydrogen-bond donors (Lipinski definition) is 3. The Labute approximate surface area is 139 Å². The van der Waals surface area contributed by atoms with Gasteiger partial charge in [-0.3, -0.25) is 0 Å². The van der Waals surface area contributed by atoms with Crippen LogP contribution < -0.4 is 16.0 Å². The lowest BCUT2D eigenvalue weighted by Crippen LogP contribution is -2.45. The van der Waals surface area contributed by atoms with Gasteiger partial charge in [0.15, 0.2) is 0 Å². The van der Waals surface area contributed by atoms with Crippen LogP contribution in [0.4, 0.5) is 10.5 Å². The van der Waals surface area contributed by atoms with E-state index in [1.54, 1.807) is 7.11 Å². The molecule has 0 unspecified atom stereocenters. The fourth-order valence-electron chi connectivity index (χ4n) is 3.06. The number of urea groups is 1. The average Bonchev–Trinajstić information content (AvgIpc) is 2.93. The van der Waals surface area contributed by atoms with Crippen molar-refractivity contribution in [1.29, 1.82) is 0 Å². The van der Waals surface area contributed by atoms with Crippen LogP contribution in [-0.4, -0.2) is 38.4 Å². The third-order valence-corrected chi connectivity index (χ3v) is 4.39. The molecule has 0 saturated carbocycles. The van der Waals surface area contributed by atoms with E-state index in [0.29, 0.717) is 11.8 Å². The average molecular weight is 319 g/mol. The Morgan fingerprint density at radius 3 is 2.30 bits per heavy atom. The van der Waals surface area contributed by atoms with Gasteiger partial charge in [0.2, 0.25) is 0 Å². The third-order valence-electron chi connectivity index (χ3n) is 4.39. The van der Waals surface area contributed by atoms with Crippen LogP contribution in [0, 0.1) is 0 Å². The van der Waals surface area contributed by atoms with Gasteiger partial charge in [-0.05, 0) is 23.0 Å². The fraction of sp³-hybridized carbons (Fsp3) is 0.611. The Morgan fingerprint density at radius 1 is 1.17 bits per heavy atom. The van der Waals surface area contributed by atoms with Gasteiger partial charge in [-0.2, -0.15) is 0 Å². The van der Waals surface area contributed by atoms with Crippen LogP contribution >= 0.6 is 0 Å². The lowest BCUT2D eigenvalue weighted by Gasteiger charge is -2.23. The van der Waals surface area contributed by atoms with Crippen molar-refractivity contribution in [2.75, 3.05) is 25.5 Å². The summed E-state index contributed by atoms with van der Waals surface area (Å²) in [6.45, 7) is 10.1. The summed E-state index contributed by atoms with van der Waals surface area (Å²) in [7, 11) is 1.68. The van der Waals surface area contributed by atoms with Crippen molar-refractivity contribution in [3.05, 3.63) is 29.3 Å². The molecule has 1 aliphatic rings. The molecular weight excluding hydrogens is 290 g/mol. The van der Waals surface area contributed by atoms with Crippen molar-refractivity contribution < 1.29 is 9.53 Å². The van der Waals surface area contributed by atoms with Gasteiger partial charge in [0.1, 0.15) is 0 Å². The number of nitrogens with one attached hydrogen (secondary N) is 3. The number of rotatable bonds is 5. The molecule has 1 saturated heterocycles. The zero-order chi connectivity index (χ0) is 17.0. The molecule has 128 valence electrons. The molecule has 1 fully saturated rings. The van der Waals surface area contributed by atoms with Gasteiger partial charge in [0.05, 0.1) is 12.1 Å². The number of benzene rings is 1. The molecule has 5 nitrogen and oxygen atoms in total. The van der Waals surface area contributed by atoms with Crippen LogP contribution in [0.5, 0.6) is 0 Å². The number of ether oxygens (including phenoxy) is 1. The van der Waals surface area contributed by atoms with Crippen molar-refractivity contribution in [2.45, 2.75) is 51.7 Å². The Morgan fingerprint density at radius 2 is 1.78 bits per heavy atom. The minimum atomic E-state index is -0.171. The molecule has 5 heteroatoms. The standard InChI is InChI=1S/C18H29N3O2/c1-11(2)13-7-6-8-14(12(3)4)17(13)21-18(22)20-15-9-19-10-16(15)23-5/h6-8,11-12,15-16,19H,9-10H2,1-5H3,(H2,20,21,22)/t15-,16-/m0/s1. The summed E-state index contributed by atoms with van der Waals surface area (Å²) >= 11 is 0. The second-order valence-electron chi connectivity index (χ2n) is 6.76. The van der Waals surface area contributed by atoms with Crippen molar-refractivity contribution in [3.63, 3.8) is 0 Å². The van der Waals surface area contributed by atoms with E-state index < -0.39 is 0 Å². The minimum Gasteiger partial charge on any atom is -0.378 e. The van der Waals surface area contributed by atoms with Gasteiger partial charge in [-0.1, -0.05) is 45.9 Å². The molecule has 2 atom stereocenters. The smallest absolute Gasteiger partial charge is 0.319 e. The Bertz CT molecular complexity index is 517. The van der Waals surface area contributed by atoms with Gasteiger partial charge in [0, 0.05) is 25.9 Å². The summed E-state index contributed by atoms with van der Waals surface area (Å²) < 4.78 is 5.39. The van der Waals surface area contributed by atoms with E-state index in [1.165, 1.54) is 11.1 Å². The molecule has 0 bridgehead atoms. The molecule has 0 aliphatic carbocycles. The number of anilines is 1. The molecular formula is C18H29N3O2. The van der Waals surface area contributed by atoms with Crippen LogP contribution in [0.3, 0.4) is 0 Å². The number of amides is 2. The lowest BCUT2D eigenvalue weighted by atomic mass is 9.93. The summed E-state index contributed by atoms with van der Waals surface area (Å²) in [6, 6.07) is 6.06. The normalized spacial score (nSPS) is 21.0. The largest absolute Gasteiger partial charge is 0.378 e. The van der Waals surface area contributed by atoms with E-state index in [9.17, 15) is 4.79 Å². The number of para-hydroxylation sites is 1. The Kier molecular flexibility index (Phi) is 6.02. The molecule has 2 rings (SSSR count). The first kappa shape index (κ1) is 17.8. The SMILES string of the molecule is CO[C@H]1CNC[C@@H]1NC(=O)Nc1c(C(C)C)cccc1C(C)C. The van der Waals surface area contributed by atoms with Gasteiger partial charge in [-0.15, -0.1) is 0 Å². The maximum atomic E-state index is 12.5. The predicted molar refractivity (Wildman–Crippen MR) is 94.2 cm³/mol. The molecule has 0 radical (unpaired) electrons. The van der Waals surface area contributed by atoms with E-state index in [4.69, 9.17) is 4.74 Å². The number of hydrogen-bond acceptors (Lipinski definition) is 3. The number of carbonyl (C=O) groups is 1. The van der Waals surface area contributed by atoms with Crippen molar-refractivity contribution in [2.24, 2.45) is 0 Å². The van der Waals surface area contributed by atoms with E-state index in [2.05, 4.69) is 61.8 Å². The summed E-state index contributed by atoms with van der Waals surface area (Å²) in [5, 5.41) is 9.34. The van der Waals surface area contributed by atoms with E-state index in [-0.39, 0.29) is 18.2 Å². The van der Waals surface area contributed by atoms with Crippen LogP contribution in [0.15, 0.2) is 18.2 Å². The topological polar surface area (TPSA) is 62.4 Å². The Balaban J connectivity index is 2.16. The third kappa shape index (κ3) is 4.24. The van der Waals surface area contributed by atoms with E-state index >= 15 is 0 Å². The molecule has 3 N–H and O–H groups in total. The van der Waals surface area contributed by atoms with Gasteiger partial charge in [-0.25, -0.2) is 4.79 Å². The van der Waals surface area contributed by atoms with Crippen LogP contribution in [0.25, 0.3) is 0 Å². The minimum absolute atomic E-state index is 0.00582. The van der Waals surface area contributed by atoms with Crippen molar-refractivity contribution >= 4 is 11.7 Å². The molecule has 23 heavy (non-hydrogen) atoms. The molecule has 0 aromatic heterocycles. The first-order valence-electron chi connectivity index (χ1n) is 8.37. The summed E-state index contributed by atoms with van der Waals surface area (Å²) in [5.74, 6) is 0.702. The highest BCUT2D eigenvalue weighted by Gasteiger charge is 2.28. The first-order valence-corrected chi connectivity index (χ1v) is 8.37. The summed E-state index contributed by atoms with van der Waals surface area (Å²) in [6.07, 6.45) is 0.0191. The second kappa shape index (κ2) is 7.79. The van der Waals surface area contributed by atoms with Crippen LogP contribution in [0.1, 0.15) is 50.7 Å². The highest BCUT2D eigenvalue weighted by atomic mass is 16.5. The molecule has 1 aromatic rings. The highest BCUT2D eigenvalue weighted by molar-refractivity contribution is 5.91. The zero-order valence-corrected chi connectivity index (χ0v) is 14.8. The number of methoxy groups -OCH3 is 1. The zero-order valence-electron chi connectivity index (χ0n) is 14.8. The van der Waals surface area contributed by atoms with Crippen molar-refractivity contribution in [3.8, 4) is 0 Å². The van der Waals surface area contributed by atoms with Gasteiger partial charge in [0.25, 0.3) is 0 Å². The second-order valence-corrected chi connectivity index (χ2v) is 6.76. The fourth-order valence-corrected chi connectivity index (χ4v) is 3.06. The van der Waals surface area contributed by atoms with Crippen LogP contribution in [0.2, 0.25) is 0 Å². The van der Waals surface area contributed by atoms with Gasteiger partial charge >= 0.3 is 6.03 Å². The molecule has 1 aromatic carbocycles. The first-order chi connectivity index (χ1) is 10.9. The Hall–Kier alpha value is -1.59. The predicted octanol–water partition coefficient (Wildman–Crippen LogP) is 3.04. The summed E-state index contributed by atoms with van der Waals surface area (Å²) in [4.78, 5) is 12.5. The van der Waals surface area contributed by atoms with Crippen LogP contribution in [-0.2, 0) is 4.74 Å².